The lowest BCUT2D eigenvalue weighted by atomic mass is 10.1. The highest BCUT2D eigenvalue weighted by Gasteiger charge is 2.05. The van der Waals surface area contributed by atoms with Crippen molar-refractivity contribution < 1.29 is 9.32 Å². The number of primary amides is 1. The van der Waals surface area contributed by atoms with Crippen LogP contribution in [0.2, 0.25) is 0 Å². The Hall–Kier alpha value is -2.10. The molecule has 1 aromatic heterocycles. The fraction of sp³-hybridized carbons (Fsp3) is 0. The maximum atomic E-state index is 10.9. The molecule has 0 unspecified atom stereocenters. The Morgan fingerprint density at radius 3 is 2.86 bits per heavy atom. The molecule has 70 valence electrons. The maximum Gasteiger partial charge on any atom is 0.248 e. The Labute approximate surface area is 80.3 Å². The van der Waals surface area contributed by atoms with E-state index in [0.717, 1.165) is 5.56 Å². The van der Waals surface area contributed by atoms with Crippen molar-refractivity contribution >= 4 is 5.91 Å². The van der Waals surface area contributed by atoms with Crippen molar-refractivity contribution in [1.82, 2.24) is 5.16 Å². The molecule has 2 rings (SSSR count). The van der Waals surface area contributed by atoms with Crippen molar-refractivity contribution in [3.8, 4) is 11.3 Å². The second-order valence-electron chi connectivity index (χ2n) is 2.82. The first kappa shape index (κ1) is 8.50. The van der Waals surface area contributed by atoms with Crippen molar-refractivity contribution in [3.63, 3.8) is 0 Å². The van der Waals surface area contributed by atoms with Crippen LogP contribution in [0.5, 0.6) is 0 Å². The quantitative estimate of drug-likeness (QED) is 0.775. The summed E-state index contributed by atoms with van der Waals surface area (Å²) >= 11 is 0. The number of carbonyl (C=O) groups excluding carboxylic acids is 1. The summed E-state index contributed by atoms with van der Waals surface area (Å²) in [5.41, 5.74) is 6.40. The molecule has 0 aliphatic heterocycles. The minimum absolute atomic E-state index is 0.452. The first-order valence-electron chi connectivity index (χ1n) is 4.08. The molecule has 4 heteroatoms. The highest BCUT2D eigenvalue weighted by atomic mass is 16.5. The Morgan fingerprint density at radius 1 is 1.36 bits per heavy atom. The van der Waals surface area contributed by atoms with Crippen LogP contribution in [-0.2, 0) is 0 Å². The number of aromatic nitrogens is 1. The van der Waals surface area contributed by atoms with Crippen molar-refractivity contribution in [2.75, 3.05) is 0 Å². The summed E-state index contributed by atoms with van der Waals surface area (Å²) in [7, 11) is 0. The first-order valence-corrected chi connectivity index (χ1v) is 4.08. The number of nitrogens with zero attached hydrogens (tertiary/aromatic N) is 1. The largest absolute Gasteiger partial charge is 0.366 e. The number of rotatable bonds is 2. The summed E-state index contributed by atoms with van der Waals surface area (Å²) in [6, 6.07) is 8.62. The molecule has 14 heavy (non-hydrogen) atoms. The van der Waals surface area contributed by atoms with E-state index in [0.29, 0.717) is 11.3 Å². The summed E-state index contributed by atoms with van der Waals surface area (Å²) in [6.45, 7) is 0. The summed E-state index contributed by atoms with van der Waals surface area (Å²) < 4.78 is 4.95. The first-order chi connectivity index (χ1) is 6.77. The third kappa shape index (κ3) is 1.50. The molecule has 4 nitrogen and oxygen atoms in total. The molecule has 1 heterocycles. The van der Waals surface area contributed by atoms with Gasteiger partial charge >= 0.3 is 0 Å². The van der Waals surface area contributed by atoms with Crippen molar-refractivity contribution in [2.24, 2.45) is 5.73 Å². The van der Waals surface area contributed by atoms with Gasteiger partial charge in [-0.1, -0.05) is 17.3 Å². The van der Waals surface area contributed by atoms with Gasteiger partial charge in [0, 0.05) is 17.2 Å². The van der Waals surface area contributed by atoms with E-state index in [1.165, 1.54) is 0 Å². The molecule has 0 fully saturated rings. The Kier molecular flexibility index (Phi) is 2.02. The SMILES string of the molecule is NC(=O)c1cccc(-c2ccno2)c1. The molecule has 2 N–H and O–H groups in total. The van der Waals surface area contributed by atoms with E-state index >= 15 is 0 Å². The zero-order valence-electron chi connectivity index (χ0n) is 7.31. The number of carbonyl (C=O) groups is 1. The number of hydrogen-bond donors (Lipinski definition) is 1. The van der Waals surface area contributed by atoms with E-state index in [1.54, 1.807) is 30.5 Å². The molecular weight excluding hydrogens is 180 g/mol. The third-order valence-electron chi connectivity index (χ3n) is 1.87. The highest BCUT2D eigenvalue weighted by Crippen LogP contribution is 2.19. The number of hydrogen-bond acceptors (Lipinski definition) is 3. The van der Waals surface area contributed by atoms with Gasteiger partial charge in [-0.2, -0.15) is 0 Å². The van der Waals surface area contributed by atoms with Gasteiger partial charge in [0.25, 0.3) is 0 Å². The van der Waals surface area contributed by atoms with E-state index in [9.17, 15) is 4.79 Å². The van der Waals surface area contributed by atoms with Gasteiger partial charge in [-0.15, -0.1) is 0 Å². The van der Waals surface area contributed by atoms with E-state index in [4.69, 9.17) is 10.3 Å². The Balaban J connectivity index is 2.46. The van der Waals surface area contributed by atoms with Crippen LogP contribution < -0.4 is 5.73 Å². The highest BCUT2D eigenvalue weighted by molar-refractivity contribution is 5.93. The average Bonchev–Trinajstić information content (AvgIpc) is 2.71. The number of benzene rings is 1. The van der Waals surface area contributed by atoms with Gasteiger partial charge in [0.2, 0.25) is 5.91 Å². The molecule has 0 aliphatic carbocycles. The predicted octanol–water partition coefficient (Wildman–Crippen LogP) is 1.44. The molecule has 2 aromatic rings. The zero-order chi connectivity index (χ0) is 9.97. The maximum absolute atomic E-state index is 10.9. The summed E-state index contributed by atoms with van der Waals surface area (Å²) in [6.07, 6.45) is 1.55. The standard InChI is InChI=1S/C10H8N2O2/c11-10(13)8-3-1-2-7(6-8)9-4-5-12-14-9/h1-6H,(H2,11,13). The zero-order valence-corrected chi connectivity index (χ0v) is 7.31. The van der Waals surface area contributed by atoms with Gasteiger partial charge in [0.1, 0.15) is 0 Å². The summed E-state index contributed by atoms with van der Waals surface area (Å²) in [4.78, 5) is 10.9. The summed E-state index contributed by atoms with van der Waals surface area (Å²) in [5, 5.41) is 3.58. The second-order valence-corrected chi connectivity index (χ2v) is 2.82. The van der Waals surface area contributed by atoms with Crippen LogP contribution in [0.4, 0.5) is 0 Å². The van der Waals surface area contributed by atoms with E-state index in [-0.39, 0.29) is 0 Å². The normalized spacial score (nSPS) is 10.0. The van der Waals surface area contributed by atoms with Gasteiger partial charge in [0.15, 0.2) is 5.76 Å². The lowest BCUT2D eigenvalue weighted by Crippen LogP contribution is -2.10. The van der Waals surface area contributed by atoms with Crippen LogP contribution in [-0.4, -0.2) is 11.1 Å². The van der Waals surface area contributed by atoms with Crippen LogP contribution in [0.15, 0.2) is 41.1 Å². The fourth-order valence-corrected chi connectivity index (χ4v) is 1.19. The molecule has 0 bridgehead atoms. The van der Waals surface area contributed by atoms with Crippen molar-refractivity contribution in [1.29, 1.82) is 0 Å². The van der Waals surface area contributed by atoms with Gasteiger partial charge in [0.05, 0.1) is 6.20 Å². The van der Waals surface area contributed by atoms with Crippen molar-refractivity contribution in [2.45, 2.75) is 0 Å². The van der Waals surface area contributed by atoms with Crippen molar-refractivity contribution in [3.05, 3.63) is 42.1 Å². The number of amides is 1. The van der Waals surface area contributed by atoms with Gasteiger partial charge < -0.3 is 10.3 Å². The van der Waals surface area contributed by atoms with E-state index < -0.39 is 5.91 Å². The van der Waals surface area contributed by atoms with Gasteiger partial charge in [-0.3, -0.25) is 4.79 Å². The third-order valence-corrected chi connectivity index (χ3v) is 1.87. The molecular formula is C10H8N2O2. The summed E-state index contributed by atoms with van der Waals surface area (Å²) in [5.74, 6) is 0.166. The van der Waals surface area contributed by atoms with E-state index in [2.05, 4.69) is 5.16 Å². The van der Waals surface area contributed by atoms with Crippen LogP contribution in [0.25, 0.3) is 11.3 Å². The Morgan fingerprint density at radius 2 is 2.21 bits per heavy atom. The monoisotopic (exact) mass is 188 g/mol. The van der Waals surface area contributed by atoms with Crippen LogP contribution in [0.3, 0.4) is 0 Å². The average molecular weight is 188 g/mol. The van der Waals surface area contributed by atoms with Crippen LogP contribution in [0, 0.1) is 0 Å². The topological polar surface area (TPSA) is 69.1 Å². The molecule has 1 aromatic carbocycles. The van der Waals surface area contributed by atoms with Crippen LogP contribution >= 0.6 is 0 Å². The second kappa shape index (κ2) is 3.33. The lowest BCUT2D eigenvalue weighted by Gasteiger charge is -1.97. The van der Waals surface area contributed by atoms with Gasteiger partial charge in [-0.25, -0.2) is 0 Å². The molecule has 0 radical (unpaired) electrons. The van der Waals surface area contributed by atoms with Gasteiger partial charge in [-0.05, 0) is 12.1 Å². The predicted molar refractivity (Wildman–Crippen MR) is 50.5 cm³/mol. The molecule has 0 aliphatic rings. The fourth-order valence-electron chi connectivity index (χ4n) is 1.19. The smallest absolute Gasteiger partial charge is 0.248 e. The Bertz CT molecular complexity index is 449. The van der Waals surface area contributed by atoms with E-state index in [1.807, 2.05) is 6.07 Å². The number of nitrogens with two attached hydrogens (primary N) is 1. The minimum atomic E-state index is -0.452. The molecule has 0 spiro atoms. The molecule has 1 amide bonds. The molecule has 0 saturated heterocycles. The molecule has 0 atom stereocenters. The minimum Gasteiger partial charge on any atom is -0.366 e. The lowest BCUT2D eigenvalue weighted by molar-refractivity contribution is 0.100. The van der Waals surface area contributed by atoms with Crippen LogP contribution in [0.1, 0.15) is 10.4 Å². The molecule has 0 saturated carbocycles.